The van der Waals surface area contributed by atoms with Gasteiger partial charge in [0.05, 0.1) is 0 Å². The van der Waals surface area contributed by atoms with Crippen LogP contribution in [0.3, 0.4) is 0 Å². The Kier molecular flexibility index (Phi) is 4.93. The van der Waals surface area contributed by atoms with E-state index in [0.717, 1.165) is 0 Å². The Balaban J connectivity index is 2.30. The van der Waals surface area contributed by atoms with Crippen LogP contribution in [0.4, 0.5) is 0 Å². The number of rotatable bonds is 5. The van der Waals surface area contributed by atoms with Gasteiger partial charge in [-0.05, 0) is 29.8 Å². The molecule has 2 heteroatoms. The molecule has 0 nitrogen and oxygen atoms in total. The molecule has 0 saturated carbocycles. The molecule has 0 aliphatic rings. The van der Waals surface area contributed by atoms with E-state index in [1.165, 1.54) is 28.7 Å². The van der Waals surface area contributed by atoms with Crippen molar-refractivity contribution in [3.63, 3.8) is 0 Å². The summed E-state index contributed by atoms with van der Waals surface area (Å²) in [6.07, 6.45) is 0. The molecule has 0 unspecified atom stereocenters. The molecule has 0 atom stereocenters. The standard InChI is InChI=1S/C13H22SSi/c1-12-7-5-6-8-13(12)11-14-9-10-15(2,3)4/h5-8H,9-11H2,1-4H3. The van der Waals surface area contributed by atoms with Crippen molar-refractivity contribution >= 4 is 19.8 Å². The Morgan fingerprint density at radius 1 is 1.13 bits per heavy atom. The van der Waals surface area contributed by atoms with Gasteiger partial charge in [-0.25, -0.2) is 0 Å². The SMILES string of the molecule is Cc1ccccc1CSCC[Si](C)(C)C. The van der Waals surface area contributed by atoms with Crippen molar-refractivity contribution in [2.24, 2.45) is 0 Å². The third-order valence-electron chi connectivity index (χ3n) is 2.52. The van der Waals surface area contributed by atoms with Crippen molar-refractivity contribution in [3.8, 4) is 0 Å². The van der Waals surface area contributed by atoms with E-state index < -0.39 is 8.07 Å². The molecule has 0 N–H and O–H groups in total. The van der Waals surface area contributed by atoms with Gasteiger partial charge in [-0.1, -0.05) is 43.9 Å². The van der Waals surface area contributed by atoms with Crippen LogP contribution in [-0.2, 0) is 5.75 Å². The summed E-state index contributed by atoms with van der Waals surface area (Å²) in [5.41, 5.74) is 2.93. The highest BCUT2D eigenvalue weighted by molar-refractivity contribution is 7.98. The molecule has 84 valence electrons. The number of thioether (sulfide) groups is 1. The van der Waals surface area contributed by atoms with Crippen molar-refractivity contribution < 1.29 is 0 Å². The minimum absolute atomic E-state index is 0.830. The van der Waals surface area contributed by atoms with E-state index in [0.29, 0.717) is 0 Å². The van der Waals surface area contributed by atoms with Crippen LogP contribution in [0.25, 0.3) is 0 Å². The van der Waals surface area contributed by atoms with Gasteiger partial charge in [0.1, 0.15) is 0 Å². The third-order valence-corrected chi connectivity index (χ3v) is 5.64. The molecular formula is C13H22SSi. The predicted molar refractivity (Wildman–Crippen MR) is 75.5 cm³/mol. The molecule has 0 aliphatic heterocycles. The Hall–Kier alpha value is -0.213. The van der Waals surface area contributed by atoms with E-state index >= 15 is 0 Å². The second-order valence-corrected chi connectivity index (χ2v) is 12.0. The molecule has 0 aliphatic carbocycles. The second kappa shape index (κ2) is 5.76. The first kappa shape index (κ1) is 12.9. The number of hydrogen-bond acceptors (Lipinski definition) is 1. The Morgan fingerprint density at radius 2 is 1.80 bits per heavy atom. The lowest BCUT2D eigenvalue weighted by Gasteiger charge is -2.15. The monoisotopic (exact) mass is 238 g/mol. The first-order valence-corrected chi connectivity index (χ1v) is 10.5. The van der Waals surface area contributed by atoms with Crippen LogP contribution in [0.1, 0.15) is 11.1 Å². The average Bonchev–Trinajstić information content (AvgIpc) is 2.13. The molecule has 0 aromatic heterocycles. The molecule has 0 radical (unpaired) electrons. The molecule has 1 aromatic rings. The second-order valence-electron chi connectivity index (χ2n) is 5.29. The predicted octanol–water partition coefficient (Wildman–Crippen LogP) is 4.57. The van der Waals surface area contributed by atoms with Gasteiger partial charge in [0, 0.05) is 13.8 Å². The van der Waals surface area contributed by atoms with Crippen molar-refractivity contribution in [3.05, 3.63) is 35.4 Å². The van der Waals surface area contributed by atoms with Gasteiger partial charge in [0.25, 0.3) is 0 Å². The van der Waals surface area contributed by atoms with E-state index in [-0.39, 0.29) is 0 Å². The molecule has 15 heavy (non-hydrogen) atoms. The van der Waals surface area contributed by atoms with Gasteiger partial charge in [0.2, 0.25) is 0 Å². The fourth-order valence-corrected chi connectivity index (χ4v) is 5.05. The van der Waals surface area contributed by atoms with Crippen LogP contribution in [-0.4, -0.2) is 13.8 Å². The van der Waals surface area contributed by atoms with E-state index in [9.17, 15) is 0 Å². The van der Waals surface area contributed by atoms with Crippen LogP contribution in [0.5, 0.6) is 0 Å². The first-order chi connectivity index (χ1) is 6.99. The summed E-state index contributed by atoms with van der Waals surface area (Å²) in [7, 11) is -0.830. The topological polar surface area (TPSA) is 0 Å². The molecular weight excluding hydrogens is 216 g/mol. The Morgan fingerprint density at radius 3 is 2.40 bits per heavy atom. The van der Waals surface area contributed by atoms with Crippen molar-refractivity contribution in [2.45, 2.75) is 38.4 Å². The lowest BCUT2D eigenvalue weighted by atomic mass is 10.1. The minimum Gasteiger partial charge on any atom is -0.157 e. The summed E-state index contributed by atoms with van der Waals surface area (Å²) >= 11 is 2.08. The van der Waals surface area contributed by atoms with Crippen molar-refractivity contribution in [1.82, 2.24) is 0 Å². The number of hydrogen-bond donors (Lipinski definition) is 0. The minimum atomic E-state index is -0.830. The van der Waals surface area contributed by atoms with Gasteiger partial charge in [-0.3, -0.25) is 0 Å². The van der Waals surface area contributed by atoms with E-state index in [1.807, 2.05) is 0 Å². The highest BCUT2D eigenvalue weighted by Gasteiger charge is 2.11. The van der Waals surface area contributed by atoms with Crippen molar-refractivity contribution in [2.75, 3.05) is 5.75 Å². The molecule has 0 heterocycles. The molecule has 0 amide bonds. The van der Waals surface area contributed by atoms with Crippen LogP contribution in [0, 0.1) is 6.92 Å². The van der Waals surface area contributed by atoms with E-state index in [2.05, 4.69) is 62.6 Å². The smallest absolute Gasteiger partial charge is 0.0450 e. The van der Waals surface area contributed by atoms with Crippen LogP contribution >= 0.6 is 11.8 Å². The van der Waals surface area contributed by atoms with Gasteiger partial charge in [0.15, 0.2) is 0 Å². The Bertz CT molecular complexity index is 302. The Labute approximate surface area is 99.5 Å². The van der Waals surface area contributed by atoms with E-state index in [4.69, 9.17) is 0 Å². The highest BCUT2D eigenvalue weighted by atomic mass is 32.2. The maximum absolute atomic E-state index is 2.45. The van der Waals surface area contributed by atoms with Gasteiger partial charge in [-0.15, -0.1) is 0 Å². The summed E-state index contributed by atoms with van der Waals surface area (Å²) in [6.45, 7) is 9.54. The fraction of sp³-hybridized carbons (Fsp3) is 0.538. The maximum atomic E-state index is 2.45. The normalized spacial score (nSPS) is 11.7. The molecule has 0 saturated heterocycles. The number of aryl methyl sites for hydroxylation is 1. The van der Waals surface area contributed by atoms with Gasteiger partial charge < -0.3 is 0 Å². The zero-order valence-electron chi connectivity index (χ0n) is 10.3. The highest BCUT2D eigenvalue weighted by Crippen LogP contribution is 2.19. The quantitative estimate of drug-likeness (QED) is 0.535. The number of benzene rings is 1. The average molecular weight is 238 g/mol. The zero-order valence-corrected chi connectivity index (χ0v) is 12.2. The lowest BCUT2D eigenvalue weighted by molar-refractivity contribution is 1.29. The van der Waals surface area contributed by atoms with Crippen molar-refractivity contribution in [1.29, 1.82) is 0 Å². The van der Waals surface area contributed by atoms with E-state index in [1.54, 1.807) is 0 Å². The zero-order chi connectivity index (χ0) is 11.3. The molecule has 0 spiro atoms. The summed E-state index contributed by atoms with van der Waals surface area (Å²) in [5, 5.41) is 0. The summed E-state index contributed by atoms with van der Waals surface area (Å²) in [4.78, 5) is 0. The summed E-state index contributed by atoms with van der Waals surface area (Å²) < 4.78 is 0. The van der Waals surface area contributed by atoms with Crippen LogP contribution in [0.2, 0.25) is 25.7 Å². The first-order valence-electron chi connectivity index (χ1n) is 5.61. The van der Waals surface area contributed by atoms with Crippen LogP contribution in [0.15, 0.2) is 24.3 Å². The molecule has 1 rings (SSSR count). The van der Waals surface area contributed by atoms with Gasteiger partial charge in [-0.2, -0.15) is 11.8 Å². The largest absolute Gasteiger partial charge is 0.157 e. The van der Waals surface area contributed by atoms with Crippen LogP contribution < -0.4 is 0 Å². The summed E-state index contributed by atoms with van der Waals surface area (Å²) in [5.74, 6) is 2.50. The lowest BCUT2D eigenvalue weighted by Crippen LogP contribution is -2.19. The van der Waals surface area contributed by atoms with Gasteiger partial charge >= 0.3 is 0 Å². The maximum Gasteiger partial charge on any atom is 0.0450 e. The molecule has 1 aromatic carbocycles. The third kappa shape index (κ3) is 5.43. The fourth-order valence-electron chi connectivity index (χ4n) is 1.33. The molecule has 0 bridgehead atoms. The molecule has 0 fully saturated rings. The summed E-state index contributed by atoms with van der Waals surface area (Å²) in [6, 6.07) is 10.1.